The van der Waals surface area contributed by atoms with E-state index in [2.05, 4.69) is 5.32 Å². The average Bonchev–Trinajstić information content (AvgIpc) is 3.24. The first-order valence-electron chi connectivity index (χ1n) is 10.2. The molecule has 0 bridgehead atoms. The second kappa shape index (κ2) is 9.47. The van der Waals surface area contributed by atoms with E-state index in [-0.39, 0.29) is 36.5 Å². The third-order valence-corrected chi connectivity index (χ3v) is 5.77. The lowest BCUT2D eigenvalue weighted by Gasteiger charge is -2.36. The van der Waals surface area contributed by atoms with Crippen molar-refractivity contribution in [3.8, 4) is 5.75 Å². The Balaban J connectivity index is 1.96. The molecule has 2 amide bonds. The molecule has 1 atom stereocenters. The number of halogens is 2. The molecular weight excluding hydrogens is 424 g/mol. The molecule has 1 aromatic carbocycles. The number of rotatable bonds is 8. The molecule has 0 radical (unpaired) electrons. The fourth-order valence-corrected chi connectivity index (χ4v) is 3.87. The highest BCUT2D eigenvalue weighted by Gasteiger charge is 2.40. The van der Waals surface area contributed by atoms with Crippen LogP contribution in [-0.4, -0.2) is 53.2 Å². The van der Waals surface area contributed by atoms with Crippen LogP contribution >= 0.6 is 0 Å². The first kappa shape index (κ1) is 23.4. The number of hydrogen-bond acceptors (Lipinski definition) is 5. The first-order chi connectivity index (χ1) is 15.2. The van der Waals surface area contributed by atoms with Gasteiger partial charge in [-0.25, -0.2) is 8.78 Å². The number of nitrogens with one attached hydrogen (secondary N) is 1. The van der Waals surface area contributed by atoms with Gasteiger partial charge in [-0.3, -0.25) is 14.4 Å². The summed E-state index contributed by atoms with van der Waals surface area (Å²) in [6, 6.07) is 2.95. The minimum Gasteiger partial charge on any atom is -0.503 e. The monoisotopic (exact) mass is 449 g/mol. The van der Waals surface area contributed by atoms with Crippen LogP contribution in [0.2, 0.25) is 0 Å². The summed E-state index contributed by atoms with van der Waals surface area (Å²) < 4.78 is 34.1. The molecule has 2 heterocycles. The SMILES string of the molecule is CCN(C=O)CC1(n2cc(C(=O)NCc3ccc(F)cc3F)c(=O)c(O)c2C)CCOC1. The van der Waals surface area contributed by atoms with Gasteiger partial charge in [-0.15, -0.1) is 0 Å². The van der Waals surface area contributed by atoms with Crippen LogP contribution in [0.15, 0.2) is 29.2 Å². The van der Waals surface area contributed by atoms with E-state index in [0.717, 1.165) is 6.07 Å². The Morgan fingerprint density at radius 3 is 2.75 bits per heavy atom. The van der Waals surface area contributed by atoms with Crippen molar-refractivity contribution in [2.75, 3.05) is 26.3 Å². The van der Waals surface area contributed by atoms with Gasteiger partial charge in [-0.1, -0.05) is 6.07 Å². The van der Waals surface area contributed by atoms with Crippen molar-refractivity contribution in [1.29, 1.82) is 0 Å². The molecule has 0 spiro atoms. The van der Waals surface area contributed by atoms with Crippen LogP contribution in [0.25, 0.3) is 0 Å². The van der Waals surface area contributed by atoms with E-state index in [1.54, 1.807) is 16.4 Å². The Bertz CT molecular complexity index is 1080. The summed E-state index contributed by atoms with van der Waals surface area (Å²) in [5.74, 6) is -2.99. The molecule has 1 aromatic heterocycles. The standard InChI is InChI=1S/C22H25F2N3O5/c1-3-26(13-28)11-22(6-7-32-12-22)27-10-17(20(30)19(29)14(27)2)21(31)25-9-15-4-5-16(23)8-18(15)24/h4-5,8,10,13,29H,3,6-7,9,11-12H2,1-2H3,(H,25,31). The van der Waals surface area contributed by atoms with E-state index >= 15 is 0 Å². The molecule has 1 aliphatic heterocycles. The van der Waals surface area contributed by atoms with E-state index in [4.69, 9.17) is 4.74 Å². The molecule has 1 fully saturated rings. The summed E-state index contributed by atoms with van der Waals surface area (Å²) in [5.41, 5.74) is -1.70. The lowest BCUT2D eigenvalue weighted by Crippen LogP contribution is -2.47. The van der Waals surface area contributed by atoms with Gasteiger partial charge >= 0.3 is 0 Å². The van der Waals surface area contributed by atoms with Crippen LogP contribution in [0.1, 0.15) is 35.0 Å². The second-order valence-corrected chi connectivity index (χ2v) is 7.79. The number of ether oxygens (including phenoxy) is 1. The highest BCUT2D eigenvalue weighted by molar-refractivity contribution is 5.94. The Morgan fingerprint density at radius 2 is 2.16 bits per heavy atom. The highest BCUT2D eigenvalue weighted by atomic mass is 19.1. The lowest BCUT2D eigenvalue weighted by atomic mass is 9.95. The van der Waals surface area contributed by atoms with Gasteiger partial charge in [0.25, 0.3) is 5.91 Å². The van der Waals surface area contributed by atoms with E-state index in [1.165, 1.54) is 12.3 Å². The van der Waals surface area contributed by atoms with Crippen molar-refractivity contribution in [3.05, 3.63) is 63.1 Å². The Morgan fingerprint density at radius 1 is 1.41 bits per heavy atom. The zero-order valence-electron chi connectivity index (χ0n) is 17.9. The first-order valence-corrected chi connectivity index (χ1v) is 10.2. The number of aromatic nitrogens is 1. The van der Waals surface area contributed by atoms with Gasteiger partial charge in [-0.2, -0.15) is 0 Å². The van der Waals surface area contributed by atoms with Crippen molar-refractivity contribution in [3.63, 3.8) is 0 Å². The van der Waals surface area contributed by atoms with Gasteiger partial charge in [0.15, 0.2) is 5.75 Å². The molecule has 1 aliphatic rings. The minimum absolute atomic E-state index is 0.0432. The zero-order valence-corrected chi connectivity index (χ0v) is 17.9. The molecule has 0 aliphatic carbocycles. The van der Waals surface area contributed by atoms with Crippen molar-refractivity contribution in [2.45, 2.75) is 32.4 Å². The molecule has 2 aromatic rings. The molecule has 2 N–H and O–H groups in total. The fourth-order valence-electron chi connectivity index (χ4n) is 3.87. The largest absolute Gasteiger partial charge is 0.503 e. The molecule has 3 rings (SSSR count). The van der Waals surface area contributed by atoms with Gasteiger partial charge < -0.3 is 24.6 Å². The minimum atomic E-state index is -0.868. The summed E-state index contributed by atoms with van der Waals surface area (Å²) in [6.45, 7) is 4.44. The van der Waals surface area contributed by atoms with Crippen LogP contribution in [0.4, 0.5) is 8.78 Å². The zero-order chi connectivity index (χ0) is 23.5. The quantitative estimate of drug-likeness (QED) is 0.597. The maximum Gasteiger partial charge on any atom is 0.257 e. The molecular formula is C22H25F2N3O5. The lowest BCUT2D eigenvalue weighted by molar-refractivity contribution is -0.119. The summed E-state index contributed by atoms with van der Waals surface area (Å²) in [6.07, 6.45) is 2.55. The highest BCUT2D eigenvalue weighted by Crippen LogP contribution is 2.31. The summed E-state index contributed by atoms with van der Waals surface area (Å²) in [7, 11) is 0. The number of carbonyl (C=O) groups is 2. The van der Waals surface area contributed by atoms with Crippen LogP contribution in [0, 0.1) is 18.6 Å². The second-order valence-electron chi connectivity index (χ2n) is 7.79. The molecule has 0 saturated carbocycles. The fraction of sp³-hybridized carbons (Fsp3) is 0.409. The van der Waals surface area contributed by atoms with Crippen molar-refractivity contribution in [2.24, 2.45) is 0 Å². The van der Waals surface area contributed by atoms with Gasteiger partial charge in [0, 0.05) is 44.1 Å². The maximum absolute atomic E-state index is 13.9. The Kier molecular flexibility index (Phi) is 6.93. The van der Waals surface area contributed by atoms with Crippen LogP contribution in [0.5, 0.6) is 5.75 Å². The van der Waals surface area contributed by atoms with Crippen LogP contribution in [-0.2, 0) is 21.6 Å². The third-order valence-electron chi connectivity index (χ3n) is 5.77. The third kappa shape index (κ3) is 4.50. The number of nitrogens with zero attached hydrogens (tertiary/aromatic N) is 2. The number of likely N-dealkylation sites (N-methyl/N-ethyl adjacent to an activating group) is 1. The predicted molar refractivity (Wildman–Crippen MR) is 111 cm³/mol. The van der Waals surface area contributed by atoms with E-state index in [9.17, 15) is 28.3 Å². The van der Waals surface area contributed by atoms with E-state index < -0.39 is 34.3 Å². The molecule has 172 valence electrons. The number of carbonyl (C=O) groups excluding carboxylic acids is 2. The van der Waals surface area contributed by atoms with Crippen molar-refractivity contribution < 1.29 is 28.2 Å². The molecule has 8 nitrogen and oxygen atoms in total. The number of aromatic hydroxyl groups is 1. The van der Waals surface area contributed by atoms with E-state index in [1.807, 2.05) is 6.92 Å². The van der Waals surface area contributed by atoms with Gasteiger partial charge in [0.2, 0.25) is 11.8 Å². The van der Waals surface area contributed by atoms with Crippen molar-refractivity contribution >= 4 is 12.3 Å². The number of amides is 2. The average molecular weight is 449 g/mol. The summed E-state index contributed by atoms with van der Waals surface area (Å²) in [4.78, 5) is 38.3. The number of pyridine rings is 1. The maximum atomic E-state index is 13.9. The molecule has 10 heteroatoms. The Hall–Kier alpha value is -3.27. The smallest absolute Gasteiger partial charge is 0.257 e. The molecule has 1 saturated heterocycles. The topological polar surface area (TPSA) is 101 Å². The van der Waals surface area contributed by atoms with E-state index in [0.29, 0.717) is 32.0 Å². The molecule has 32 heavy (non-hydrogen) atoms. The van der Waals surface area contributed by atoms with Crippen molar-refractivity contribution in [1.82, 2.24) is 14.8 Å². The van der Waals surface area contributed by atoms with Gasteiger partial charge in [0.1, 0.15) is 17.2 Å². The molecule has 1 unspecified atom stereocenters. The van der Waals surface area contributed by atoms with Gasteiger partial charge in [-0.05, 0) is 26.3 Å². The Labute approximate surface area is 183 Å². The summed E-state index contributed by atoms with van der Waals surface area (Å²) >= 11 is 0. The summed E-state index contributed by atoms with van der Waals surface area (Å²) in [5, 5.41) is 12.9. The predicted octanol–water partition coefficient (Wildman–Crippen LogP) is 1.66. The normalized spacial score (nSPS) is 17.9. The number of hydrogen-bond donors (Lipinski definition) is 2. The number of benzene rings is 1. The van der Waals surface area contributed by atoms with Crippen LogP contribution < -0.4 is 10.7 Å². The van der Waals surface area contributed by atoms with Crippen LogP contribution in [0.3, 0.4) is 0 Å². The van der Waals surface area contributed by atoms with Gasteiger partial charge in [0.05, 0.1) is 17.8 Å².